The van der Waals surface area contributed by atoms with Crippen LogP contribution >= 0.6 is 23.5 Å². The molecular weight excluding hydrogens is 444 g/mol. The lowest BCUT2D eigenvalue weighted by molar-refractivity contribution is -0.386. The van der Waals surface area contributed by atoms with Gasteiger partial charge in [0.1, 0.15) is 5.69 Å². The van der Waals surface area contributed by atoms with Gasteiger partial charge in [-0.3, -0.25) is 14.9 Å². The highest BCUT2D eigenvalue weighted by atomic mass is 32.2. The fraction of sp³-hybridized carbons (Fsp3) is 0.565. The van der Waals surface area contributed by atoms with Crippen molar-refractivity contribution >= 4 is 35.1 Å². The Bertz CT molecular complexity index is 927. The first-order valence-electron chi connectivity index (χ1n) is 11.2. The van der Waals surface area contributed by atoms with Crippen LogP contribution in [-0.4, -0.2) is 54.2 Å². The molecule has 0 unspecified atom stereocenters. The quantitative estimate of drug-likeness (QED) is 0.259. The van der Waals surface area contributed by atoms with E-state index in [0.29, 0.717) is 18.8 Å². The summed E-state index contributed by atoms with van der Waals surface area (Å²) in [6, 6.07) is 9.72. The Balaban J connectivity index is 2.05. The molecule has 1 fully saturated rings. The minimum atomic E-state index is -0.429. The van der Waals surface area contributed by atoms with Crippen LogP contribution in [-0.2, 0) is 6.54 Å². The molecule has 0 spiro atoms. The molecule has 1 aliphatic rings. The maximum Gasteiger partial charge on any atom is 0.323 e. The van der Waals surface area contributed by atoms with Gasteiger partial charge in [-0.25, -0.2) is 4.68 Å². The average molecular weight is 477 g/mol. The second kappa shape index (κ2) is 11.2. The summed E-state index contributed by atoms with van der Waals surface area (Å²) in [7, 11) is 0. The van der Waals surface area contributed by atoms with Gasteiger partial charge in [-0.1, -0.05) is 58.0 Å². The number of nitro groups is 1. The fourth-order valence-corrected chi connectivity index (χ4v) is 7.05. The number of carbonyl (C=O) groups excluding carboxylic acids is 1. The van der Waals surface area contributed by atoms with Gasteiger partial charge in [0, 0.05) is 12.5 Å². The van der Waals surface area contributed by atoms with E-state index in [2.05, 4.69) is 18.9 Å². The van der Waals surface area contributed by atoms with Gasteiger partial charge in [0.2, 0.25) is 5.69 Å². The van der Waals surface area contributed by atoms with Gasteiger partial charge >= 0.3 is 5.69 Å². The van der Waals surface area contributed by atoms with Crippen LogP contribution in [0, 0.1) is 10.1 Å². The zero-order valence-corrected chi connectivity index (χ0v) is 20.8. The van der Waals surface area contributed by atoms with E-state index in [1.54, 1.807) is 4.68 Å². The molecule has 1 aromatic carbocycles. The van der Waals surface area contributed by atoms with E-state index in [0.717, 1.165) is 29.9 Å². The van der Waals surface area contributed by atoms with Crippen molar-refractivity contribution in [2.24, 2.45) is 0 Å². The SMILES string of the molecule is CCSC(SCC)[C@@H]1CCCN1C(=O)c1c([N+](=O)[O-])c(C(C)C)nn1Cc1ccccc1. The maximum absolute atomic E-state index is 13.9. The van der Waals surface area contributed by atoms with Crippen LogP contribution in [0.3, 0.4) is 0 Å². The lowest BCUT2D eigenvalue weighted by Gasteiger charge is -2.30. The van der Waals surface area contributed by atoms with E-state index in [-0.39, 0.29) is 33.8 Å². The largest absolute Gasteiger partial charge is 0.332 e. The molecule has 1 atom stereocenters. The fourth-order valence-electron chi connectivity index (χ4n) is 4.18. The first-order chi connectivity index (χ1) is 15.4. The second-order valence-corrected chi connectivity index (χ2v) is 11.3. The molecule has 9 heteroatoms. The molecule has 0 aliphatic carbocycles. The van der Waals surface area contributed by atoms with Crippen molar-refractivity contribution in [2.75, 3.05) is 18.1 Å². The number of benzene rings is 1. The summed E-state index contributed by atoms with van der Waals surface area (Å²) in [5, 5.41) is 16.7. The number of carbonyl (C=O) groups is 1. The lowest BCUT2D eigenvalue weighted by Crippen LogP contribution is -2.41. The van der Waals surface area contributed by atoms with Crippen molar-refractivity contribution in [3.05, 3.63) is 57.4 Å². The maximum atomic E-state index is 13.9. The van der Waals surface area contributed by atoms with Crippen LogP contribution in [0.4, 0.5) is 5.69 Å². The molecular formula is C23H32N4O3S2. The summed E-state index contributed by atoms with van der Waals surface area (Å²) in [6.45, 7) is 8.96. The summed E-state index contributed by atoms with van der Waals surface area (Å²) in [6.07, 6.45) is 1.84. The van der Waals surface area contributed by atoms with Gasteiger partial charge in [0.05, 0.1) is 22.1 Å². The van der Waals surface area contributed by atoms with E-state index in [1.165, 1.54) is 0 Å². The van der Waals surface area contributed by atoms with Gasteiger partial charge in [0.15, 0.2) is 0 Å². The number of rotatable bonds is 10. The predicted octanol–water partition coefficient (Wildman–Crippen LogP) is 5.40. The molecule has 7 nitrogen and oxygen atoms in total. The summed E-state index contributed by atoms with van der Waals surface area (Å²) >= 11 is 3.71. The molecule has 0 radical (unpaired) electrons. The zero-order chi connectivity index (χ0) is 23.3. The van der Waals surface area contributed by atoms with Crippen LogP contribution in [0.1, 0.15) is 68.2 Å². The third-order valence-corrected chi connectivity index (χ3v) is 8.37. The number of hydrogen-bond donors (Lipinski definition) is 0. The highest BCUT2D eigenvalue weighted by Crippen LogP contribution is 2.37. The molecule has 0 saturated carbocycles. The van der Waals surface area contributed by atoms with Crippen molar-refractivity contribution in [3.63, 3.8) is 0 Å². The second-order valence-electron chi connectivity index (χ2n) is 8.12. The predicted molar refractivity (Wildman–Crippen MR) is 133 cm³/mol. The van der Waals surface area contributed by atoms with Crippen molar-refractivity contribution < 1.29 is 9.72 Å². The van der Waals surface area contributed by atoms with E-state index in [1.807, 2.05) is 72.6 Å². The van der Waals surface area contributed by atoms with Crippen molar-refractivity contribution in [3.8, 4) is 0 Å². The van der Waals surface area contributed by atoms with Crippen molar-refractivity contribution in [2.45, 2.75) is 63.6 Å². The third kappa shape index (κ3) is 5.31. The summed E-state index contributed by atoms with van der Waals surface area (Å²) in [4.78, 5) is 27.4. The summed E-state index contributed by atoms with van der Waals surface area (Å²) < 4.78 is 1.82. The molecule has 2 aromatic rings. The molecule has 2 heterocycles. The van der Waals surface area contributed by atoms with E-state index >= 15 is 0 Å². The van der Waals surface area contributed by atoms with Crippen LogP contribution in [0.2, 0.25) is 0 Å². The van der Waals surface area contributed by atoms with Crippen LogP contribution in [0.15, 0.2) is 30.3 Å². The molecule has 1 aliphatic heterocycles. The van der Waals surface area contributed by atoms with Crippen molar-refractivity contribution in [1.29, 1.82) is 0 Å². The Morgan fingerprint density at radius 1 is 1.22 bits per heavy atom. The molecule has 1 amide bonds. The number of thioether (sulfide) groups is 2. The molecule has 1 saturated heterocycles. The smallest absolute Gasteiger partial charge is 0.323 e. The Morgan fingerprint density at radius 3 is 2.44 bits per heavy atom. The minimum Gasteiger partial charge on any atom is -0.332 e. The molecule has 0 N–H and O–H groups in total. The van der Waals surface area contributed by atoms with Crippen LogP contribution in [0.5, 0.6) is 0 Å². The number of aromatic nitrogens is 2. The van der Waals surface area contributed by atoms with Gasteiger partial charge in [0.25, 0.3) is 5.91 Å². The molecule has 0 bridgehead atoms. The van der Waals surface area contributed by atoms with Crippen molar-refractivity contribution in [1.82, 2.24) is 14.7 Å². The average Bonchev–Trinajstić information content (AvgIpc) is 3.39. The normalized spacial score (nSPS) is 16.3. The Hall–Kier alpha value is -2.00. The Labute approximate surface area is 198 Å². The third-order valence-electron chi connectivity index (χ3n) is 5.60. The molecule has 32 heavy (non-hydrogen) atoms. The first kappa shape index (κ1) is 24.6. The Kier molecular flexibility index (Phi) is 8.64. The lowest BCUT2D eigenvalue weighted by atomic mass is 10.1. The topological polar surface area (TPSA) is 81.3 Å². The van der Waals surface area contributed by atoms with Gasteiger partial charge in [-0.2, -0.15) is 5.10 Å². The molecule has 174 valence electrons. The van der Waals surface area contributed by atoms with E-state index < -0.39 is 4.92 Å². The van der Waals surface area contributed by atoms with E-state index in [4.69, 9.17) is 0 Å². The highest BCUT2D eigenvalue weighted by Gasteiger charge is 2.41. The van der Waals surface area contributed by atoms with E-state index in [9.17, 15) is 14.9 Å². The minimum absolute atomic E-state index is 0.0691. The number of likely N-dealkylation sites (tertiary alicyclic amines) is 1. The summed E-state index contributed by atoms with van der Waals surface area (Å²) in [5.74, 6) is 1.51. The van der Waals surface area contributed by atoms with Crippen LogP contribution in [0.25, 0.3) is 0 Å². The van der Waals surface area contributed by atoms with Crippen LogP contribution < -0.4 is 0 Å². The van der Waals surface area contributed by atoms with Gasteiger partial charge < -0.3 is 4.90 Å². The molecule has 1 aromatic heterocycles. The number of nitrogens with zero attached hydrogens (tertiary/aromatic N) is 4. The van der Waals surface area contributed by atoms with Gasteiger partial charge in [-0.05, 0) is 29.9 Å². The standard InChI is InChI=1S/C23H32N4O3S2/c1-5-31-23(32-6-2)18-13-10-14-25(18)22(28)21-20(27(29)30)19(16(3)4)24-26(21)15-17-11-8-7-9-12-17/h7-9,11-12,16,18,23H,5-6,10,13-15H2,1-4H3/t18-/m0/s1. The monoisotopic (exact) mass is 476 g/mol. The number of amides is 1. The number of hydrogen-bond acceptors (Lipinski definition) is 6. The Morgan fingerprint density at radius 2 is 1.88 bits per heavy atom. The molecule has 3 rings (SSSR count). The van der Waals surface area contributed by atoms with Gasteiger partial charge in [-0.15, -0.1) is 23.5 Å². The zero-order valence-electron chi connectivity index (χ0n) is 19.2. The summed E-state index contributed by atoms with van der Waals surface area (Å²) in [5.41, 5.74) is 1.28. The first-order valence-corrected chi connectivity index (χ1v) is 13.3. The highest BCUT2D eigenvalue weighted by molar-refractivity contribution is 8.17.